The summed E-state index contributed by atoms with van der Waals surface area (Å²) < 4.78 is 44.5. The molecule has 164 valence electrons. The number of ether oxygens (including phenoxy) is 1. The van der Waals surface area contributed by atoms with Gasteiger partial charge in [0, 0.05) is 43.4 Å². The summed E-state index contributed by atoms with van der Waals surface area (Å²) in [4.78, 5) is 4.04. The Hall–Kier alpha value is -1.80. The van der Waals surface area contributed by atoms with Crippen LogP contribution in [0.25, 0.3) is 0 Å². The second kappa shape index (κ2) is 10.0. The van der Waals surface area contributed by atoms with E-state index in [2.05, 4.69) is 4.90 Å². The Labute approximate surface area is 179 Å². The Bertz CT molecular complexity index is 809. The molecule has 1 fully saturated rings. The molecule has 0 radical (unpaired) electrons. The third-order valence-electron chi connectivity index (χ3n) is 5.26. The predicted octanol–water partition coefficient (Wildman–Crippen LogP) is 4.62. The molecule has 0 amide bonds. The number of alkyl halides is 3. The summed E-state index contributed by atoms with van der Waals surface area (Å²) in [6.07, 6.45) is -5.14. The lowest BCUT2D eigenvalue weighted by atomic mass is 10.1. The van der Waals surface area contributed by atoms with E-state index in [0.717, 1.165) is 11.6 Å². The third-order valence-corrected chi connectivity index (χ3v) is 5.51. The van der Waals surface area contributed by atoms with Gasteiger partial charge in [0.25, 0.3) is 0 Å². The molecule has 2 atom stereocenters. The largest absolute Gasteiger partial charge is 0.416 e. The molecule has 1 aliphatic heterocycles. The number of halogens is 4. The Morgan fingerprint density at radius 1 is 1.07 bits per heavy atom. The zero-order valence-electron chi connectivity index (χ0n) is 16.8. The number of rotatable bonds is 7. The predicted molar refractivity (Wildman–Crippen MR) is 112 cm³/mol. The van der Waals surface area contributed by atoms with Crippen LogP contribution in [0.5, 0.6) is 0 Å². The Morgan fingerprint density at radius 3 is 2.37 bits per heavy atom. The van der Waals surface area contributed by atoms with Gasteiger partial charge in [0.2, 0.25) is 0 Å². The van der Waals surface area contributed by atoms with Gasteiger partial charge in [-0.1, -0.05) is 29.8 Å². The molecule has 0 unspecified atom stereocenters. The molecule has 30 heavy (non-hydrogen) atoms. The maximum atomic E-state index is 12.9. The number of β-amino-alcohol motifs (C(OH)–C–C–N with tert-alkyl or cyclic N) is 1. The van der Waals surface area contributed by atoms with Crippen molar-refractivity contribution in [3.8, 4) is 0 Å². The number of aliphatic hydroxyl groups excluding tert-OH is 1. The van der Waals surface area contributed by atoms with Crippen LogP contribution >= 0.6 is 11.6 Å². The fraction of sp³-hybridized carbons (Fsp3) is 0.455. The lowest BCUT2D eigenvalue weighted by Gasteiger charge is -2.37. The van der Waals surface area contributed by atoms with Crippen LogP contribution in [0.15, 0.2) is 48.5 Å². The summed E-state index contributed by atoms with van der Waals surface area (Å²) in [6, 6.07) is 12.8. The molecule has 0 saturated carbocycles. The highest BCUT2D eigenvalue weighted by atomic mass is 35.5. The van der Waals surface area contributed by atoms with Crippen molar-refractivity contribution in [3.05, 3.63) is 64.7 Å². The summed E-state index contributed by atoms with van der Waals surface area (Å²) in [6.45, 7) is 5.14. The van der Waals surface area contributed by atoms with Crippen LogP contribution < -0.4 is 4.90 Å². The van der Waals surface area contributed by atoms with E-state index in [1.54, 1.807) is 18.2 Å². The van der Waals surface area contributed by atoms with Gasteiger partial charge >= 0.3 is 6.18 Å². The topological polar surface area (TPSA) is 35.9 Å². The first-order chi connectivity index (χ1) is 14.2. The third kappa shape index (κ3) is 6.35. The molecule has 0 bridgehead atoms. The lowest BCUT2D eigenvalue weighted by molar-refractivity contribution is -0.137. The molecular weight excluding hydrogens is 417 g/mol. The first-order valence-electron chi connectivity index (χ1n) is 9.92. The maximum absolute atomic E-state index is 12.9. The van der Waals surface area contributed by atoms with Crippen LogP contribution in [0.3, 0.4) is 0 Å². The van der Waals surface area contributed by atoms with Crippen LogP contribution in [0.4, 0.5) is 18.9 Å². The van der Waals surface area contributed by atoms with Gasteiger partial charge < -0.3 is 14.7 Å². The Balaban J connectivity index is 1.43. The number of anilines is 1. The van der Waals surface area contributed by atoms with Crippen molar-refractivity contribution in [2.24, 2.45) is 0 Å². The van der Waals surface area contributed by atoms with E-state index >= 15 is 0 Å². The van der Waals surface area contributed by atoms with Gasteiger partial charge in [-0.25, -0.2) is 0 Å². The van der Waals surface area contributed by atoms with E-state index in [4.69, 9.17) is 16.3 Å². The van der Waals surface area contributed by atoms with Gasteiger partial charge in [0.1, 0.15) is 0 Å². The SMILES string of the molecule is C[C@@H](OC[C@H](O)CN1CCN(c2cccc(C(F)(F)F)c2)CC1)c1ccc(Cl)cc1. The minimum Gasteiger partial charge on any atom is -0.389 e. The first-order valence-corrected chi connectivity index (χ1v) is 10.3. The number of hydrogen-bond donors (Lipinski definition) is 1. The molecule has 8 heteroatoms. The first kappa shape index (κ1) is 22.9. The quantitative estimate of drug-likeness (QED) is 0.678. The molecule has 1 aliphatic rings. The van der Waals surface area contributed by atoms with Crippen LogP contribution in [0, 0.1) is 0 Å². The summed E-state index contributed by atoms with van der Waals surface area (Å²) >= 11 is 5.89. The van der Waals surface area contributed by atoms with Crippen molar-refractivity contribution in [2.75, 3.05) is 44.2 Å². The molecule has 1 heterocycles. The molecule has 0 aliphatic carbocycles. The summed E-state index contributed by atoms with van der Waals surface area (Å²) in [5, 5.41) is 11.0. The highest BCUT2D eigenvalue weighted by Crippen LogP contribution is 2.31. The molecule has 4 nitrogen and oxygen atoms in total. The number of piperazine rings is 1. The number of aliphatic hydroxyl groups is 1. The molecule has 0 spiro atoms. The smallest absolute Gasteiger partial charge is 0.389 e. The van der Waals surface area contributed by atoms with E-state index in [1.165, 1.54) is 12.1 Å². The van der Waals surface area contributed by atoms with Crippen molar-refractivity contribution in [1.29, 1.82) is 0 Å². The monoisotopic (exact) mass is 442 g/mol. The van der Waals surface area contributed by atoms with Crippen LogP contribution in [0.1, 0.15) is 24.2 Å². The minimum absolute atomic E-state index is 0.158. The zero-order chi connectivity index (χ0) is 21.7. The maximum Gasteiger partial charge on any atom is 0.416 e. The highest BCUT2D eigenvalue weighted by molar-refractivity contribution is 6.30. The average Bonchev–Trinajstić information content (AvgIpc) is 2.72. The van der Waals surface area contributed by atoms with Crippen molar-refractivity contribution in [2.45, 2.75) is 25.3 Å². The normalized spacial score (nSPS) is 17.7. The lowest BCUT2D eigenvalue weighted by Crippen LogP contribution is -2.49. The van der Waals surface area contributed by atoms with Crippen LogP contribution in [-0.4, -0.2) is 55.4 Å². The van der Waals surface area contributed by atoms with Gasteiger partial charge in [-0.3, -0.25) is 4.90 Å². The average molecular weight is 443 g/mol. The Kier molecular flexibility index (Phi) is 7.63. The van der Waals surface area contributed by atoms with Crippen molar-refractivity contribution < 1.29 is 23.0 Å². The Morgan fingerprint density at radius 2 is 1.73 bits per heavy atom. The van der Waals surface area contributed by atoms with Crippen LogP contribution in [-0.2, 0) is 10.9 Å². The van der Waals surface area contributed by atoms with Crippen LogP contribution in [0.2, 0.25) is 5.02 Å². The van der Waals surface area contributed by atoms with E-state index in [-0.39, 0.29) is 12.7 Å². The van der Waals surface area contributed by atoms with E-state index in [1.807, 2.05) is 24.0 Å². The summed E-state index contributed by atoms with van der Waals surface area (Å²) in [5.41, 5.74) is 0.927. The van der Waals surface area contributed by atoms with Crippen molar-refractivity contribution in [1.82, 2.24) is 4.90 Å². The zero-order valence-corrected chi connectivity index (χ0v) is 17.5. The standard InChI is InChI=1S/C22H26ClF3N2O2/c1-16(17-5-7-19(23)8-6-17)30-15-21(29)14-27-9-11-28(12-10-27)20-4-2-3-18(13-20)22(24,25)26/h2-8,13,16,21,29H,9-12,14-15H2,1H3/t16-,21-/m1/s1. The minimum atomic E-state index is -4.34. The molecule has 1 N–H and O–H groups in total. The molecule has 1 saturated heterocycles. The molecule has 0 aromatic heterocycles. The molecule has 2 aromatic rings. The molecule has 2 aromatic carbocycles. The number of benzene rings is 2. The van der Waals surface area contributed by atoms with Gasteiger partial charge in [0.05, 0.1) is 24.4 Å². The van der Waals surface area contributed by atoms with Gasteiger partial charge in [0.15, 0.2) is 0 Å². The fourth-order valence-corrected chi connectivity index (χ4v) is 3.63. The van der Waals surface area contributed by atoms with Gasteiger partial charge in [-0.2, -0.15) is 13.2 Å². The molecular formula is C22H26ClF3N2O2. The fourth-order valence-electron chi connectivity index (χ4n) is 3.50. The van der Waals surface area contributed by atoms with Gasteiger partial charge in [-0.05, 0) is 42.8 Å². The van der Waals surface area contributed by atoms with E-state index in [9.17, 15) is 18.3 Å². The van der Waals surface area contributed by atoms with E-state index < -0.39 is 17.8 Å². The number of nitrogens with zero attached hydrogens (tertiary/aromatic N) is 2. The van der Waals surface area contributed by atoms with E-state index in [0.29, 0.717) is 43.4 Å². The number of hydrogen-bond acceptors (Lipinski definition) is 4. The summed E-state index contributed by atoms with van der Waals surface area (Å²) in [7, 11) is 0. The molecule has 3 rings (SSSR count). The summed E-state index contributed by atoms with van der Waals surface area (Å²) in [5.74, 6) is 0. The second-order valence-corrected chi connectivity index (χ2v) is 7.95. The van der Waals surface area contributed by atoms with Crippen molar-refractivity contribution in [3.63, 3.8) is 0 Å². The van der Waals surface area contributed by atoms with Gasteiger partial charge in [-0.15, -0.1) is 0 Å². The highest BCUT2D eigenvalue weighted by Gasteiger charge is 2.31. The van der Waals surface area contributed by atoms with Crippen molar-refractivity contribution >= 4 is 17.3 Å². The second-order valence-electron chi connectivity index (χ2n) is 7.52.